The number of hydrogen-bond donors (Lipinski definition) is 0. The number of likely N-dealkylation sites (tertiary alicyclic amines) is 1. The van der Waals surface area contributed by atoms with Gasteiger partial charge in [-0.05, 0) is 30.5 Å². The molecule has 0 bridgehead atoms. The molecular formula is C21H28FN3O2. The Hall–Kier alpha value is -1.79. The van der Waals surface area contributed by atoms with Crippen molar-refractivity contribution in [1.29, 1.82) is 0 Å². The molecule has 5 nitrogen and oxygen atoms in total. The van der Waals surface area contributed by atoms with Gasteiger partial charge in [0.1, 0.15) is 5.82 Å². The Bertz CT molecular complexity index is 679. The standard InChI is InChI=1S/C21H28FN3O2/c22-17-8-6-16(7-9-17)15-25-20(26)14-19(21(25)27)24-12-10-23(11-13-24)18-4-2-1-3-5-18/h6-9,18-19H,1-5,10-15H2. The van der Waals surface area contributed by atoms with Crippen molar-refractivity contribution in [1.82, 2.24) is 14.7 Å². The van der Waals surface area contributed by atoms with Crippen LogP contribution in [0, 0.1) is 5.82 Å². The van der Waals surface area contributed by atoms with Crippen molar-refractivity contribution < 1.29 is 14.0 Å². The van der Waals surface area contributed by atoms with E-state index in [4.69, 9.17) is 0 Å². The summed E-state index contributed by atoms with van der Waals surface area (Å²) in [6.45, 7) is 3.91. The van der Waals surface area contributed by atoms with E-state index >= 15 is 0 Å². The number of imide groups is 1. The molecule has 1 unspecified atom stereocenters. The van der Waals surface area contributed by atoms with Gasteiger partial charge >= 0.3 is 0 Å². The molecule has 2 aliphatic heterocycles. The highest BCUT2D eigenvalue weighted by molar-refractivity contribution is 6.05. The van der Waals surface area contributed by atoms with E-state index in [1.54, 1.807) is 12.1 Å². The molecule has 1 aromatic rings. The molecule has 1 atom stereocenters. The van der Waals surface area contributed by atoms with Crippen LogP contribution >= 0.6 is 0 Å². The van der Waals surface area contributed by atoms with Crippen molar-refractivity contribution in [2.24, 2.45) is 0 Å². The average Bonchev–Trinajstić information content (AvgIpc) is 2.99. The van der Waals surface area contributed by atoms with E-state index in [0.29, 0.717) is 6.04 Å². The average molecular weight is 373 g/mol. The van der Waals surface area contributed by atoms with Gasteiger partial charge in [0, 0.05) is 32.2 Å². The molecule has 0 aromatic heterocycles. The maximum Gasteiger partial charge on any atom is 0.247 e. The zero-order valence-corrected chi connectivity index (χ0v) is 15.8. The molecule has 0 radical (unpaired) electrons. The lowest BCUT2D eigenvalue weighted by molar-refractivity contribution is -0.140. The van der Waals surface area contributed by atoms with Gasteiger partial charge in [-0.15, -0.1) is 0 Å². The van der Waals surface area contributed by atoms with Crippen LogP contribution in [0.1, 0.15) is 44.1 Å². The summed E-state index contributed by atoms with van der Waals surface area (Å²) in [5.41, 5.74) is 0.779. The summed E-state index contributed by atoms with van der Waals surface area (Å²) in [5, 5.41) is 0. The zero-order valence-electron chi connectivity index (χ0n) is 15.8. The van der Waals surface area contributed by atoms with Crippen LogP contribution in [-0.2, 0) is 16.1 Å². The molecule has 0 N–H and O–H groups in total. The Morgan fingerprint density at radius 3 is 2.19 bits per heavy atom. The van der Waals surface area contributed by atoms with E-state index in [2.05, 4.69) is 9.80 Å². The normalized spacial score (nSPS) is 26.1. The van der Waals surface area contributed by atoms with Gasteiger partial charge in [0.05, 0.1) is 19.0 Å². The SMILES string of the molecule is O=C1CC(N2CCN(C3CCCCC3)CC2)C(=O)N1Cc1ccc(F)cc1. The quantitative estimate of drug-likeness (QED) is 0.761. The van der Waals surface area contributed by atoms with Crippen molar-refractivity contribution in [2.45, 2.75) is 57.2 Å². The number of piperazine rings is 1. The van der Waals surface area contributed by atoms with Gasteiger partial charge in [0.15, 0.2) is 0 Å². The number of halogens is 1. The molecule has 3 aliphatic rings. The molecule has 0 spiro atoms. The van der Waals surface area contributed by atoms with Crippen LogP contribution in [0.15, 0.2) is 24.3 Å². The minimum absolute atomic E-state index is 0.101. The first-order valence-electron chi connectivity index (χ1n) is 10.2. The fraction of sp³-hybridized carbons (Fsp3) is 0.619. The third-order valence-corrected chi connectivity index (χ3v) is 6.35. The van der Waals surface area contributed by atoms with Crippen LogP contribution < -0.4 is 0 Å². The van der Waals surface area contributed by atoms with Gasteiger partial charge in [-0.2, -0.15) is 0 Å². The van der Waals surface area contributed by atoms with E-state index in [1.165, 1.54) is 49.1 Å². The molecule has 27 heavy (non-hydrogen) atoms. The predicted octanol–water partition coefficient (Wildman–Crippen LogP) is 2.40. The highest BCUT2D eigenvalue weighted by Crippen LogP contribution is 2.26. The number of hydrogen-bond acceptors (Lipinski definition) is 4. The number of carbonyl (C=O) groups excluding carboxylic acids is 2. The molecule has 1 saturated carbocycles. The van der Waals surface area contributed by atoms with Crippen molar-refractivity contribution in [3.63, 3.8) is 0 Å². The Labute approximate surface area is 160 Å². The molecule has 6 heteroatoms. The largest absolute Gasteiger partial charge is 0.298 e. The van der Waals surface area contributed by atoms with Gasteiger partial charge in [0.2, 0.25) is 11.8 Å². The van der Waals surface area contributed by atoms with Crippen LogP contribution in [-0.4, -0.2) is 64.8 Å². The second-order valence-electron chi connectivity index (χ2n) is 8.03. The van der Waals surface area contributed by atoms with E-state index in [1.807, 2.05) is 0 Å². The van der Waals surface area contributed by atoms with Crippen LogP contribution in [0.5, 0.6) is 0 Å². The lowest BCUT2D eigenvalue weighted by Gasteiger charge is -2.42. The molecule has 2 heterocycles. The third kappa shape index (κ3) is 4.06. The number of benzene rings is 1. The summed E-state index contributed by atoms with van der Waals surface area (Å²) < 4.78 is 13.1. The number of carbonyl (C=O) groups is 2. The molecule has 4 rings (SSSR count). The highest BCUT2D eigenvalue weighted by atomic mass is 19.1. The Balaban J connectivity index is 1.34. The van der Waals surface area contributed by atoms with Gasteiger partial charge in [0.25, 0.3) is 0 Å². The maximum atomic E-state index is 13.1. The molecular weight excluding hydrogens is 345 g/mol. The minimum atomic E-state index is -0.327. The fourth-order valence-corrected chi connectivity index (χ4v) is 4.75. The second kappa shape index (κ2) is 8.07. The molecule has 146 valence electrons. The van der Waals surface area contributed by atoms with Crippen molar-refractivity contribution in [2.75, 3.05) is 26.2 Å². The zero-order chi connectivity index (χ0) is 18.8. The molecule has 1 aromatic carbocycles. The third-order valence-electron chi connectivity index (χ3n) is 6.35. The molecule has 1 aliphatic carbocycles. The summed E-state index contributed by atoms with van der Waals surface area (Å²) >= 11 is 0. The van der Waals surface area contributed by atoms with Crippen LogP contribution in [0.4, 0.5) is 4.39 Å². The Morgan fingerprint density at radius 1 is 0.889 bits per heavy atom. The topological polar surface area (TPSA) is 43.9 Å². The molecule has 2 amide bonds. The first kappa shape index (κ1) is 18.6. The van der Waals surface area contributed by atoms with E-state index in [9.17, 15) is 14.0 Å². The predicted molar refractivity (Wildman–Crippen MR) is 100 cm³/mol. The highest BCUT2D eigenvalue weighted by Gasteiger charge is 2.42. The van der Waals surface area contributed by atoms with Crippen LogP contribution in [0.3, 0.4) is 0 Å². The van der Waals surface area contributed by atoms with E-state index in [0.717, 1.165) is 31.7 Å². The van der Waals surface area contributed by atoms with Gasteiger partial charge in [-0.25, -0.2) is 4.39 Å². The summed E-state index contributed by atoms with van der Waals surface area (Å²) in [4.78, 5) is 31.4. The first-order chi connectivity index (χ1) is 13.1. The van der Waals surface area contributed by atoms with E-state index < -0.39 is 0 Å². The van der Waals surface area contributed by atoms with Crippen LogP contribution in [0.2, 0.25) is 0 Å². The Morgan fingerprint density at radius 2 is 1.52 bits per heavy atom. The van der Waals surface area contributed by atoms with Crippen molar-refractivity contribution >= 4 is 11.8 Å². The number of rotatable bonds is 4. The summed E-state index contributed by atoms with van der Waals surface area (Å²) in [5.74, 6) is -0.536. The molecule has 2 saturated heterocycles. The minimum Gasteiger partial charge on any atom is -0.298 e. The lowest BCUT2D eigenvalue weighted by atomic mass is 9.93. The van der Waals surface area contributed by atoms with Gasteiger partial charge < -0.3 is 0 Å². The number of nitrogens with zero attached hydrogens (tertiary/aromatic N) is 3. The summed E-state index contributed by atoms with van der Waals surface area (Å²) in [7, 11) is 0. The van der Waals surface area contributed by atoms with Crippen molar-refractivity contribution in [3.05, 3.63) is 35.6 Å². The summed E-state index contributed by atoms with van der Waals surface area (Å²) in [6.07, 6.45) is 6.89. The molecule has 3 fully saturated rings. The summed E-state index contributed by atoms with van der Waals surface area (Å²) in [6, 6.07) is 6.37. The first-order valence-corrected chi connectivity index (χ1v) is 10.2. The van der Waals surface area contributed by atoms with Crippen molar-refractivity contribution in [3.8, 4) is 0 Å². The smallest absolute Gasteiger partial charge is 0.247 e. The van der Waals surface area contributed by atoms with E-state index in [-0.39, 0.29) is 36.6 Å². The Kier molecular flexibility index (Phi) is 5.55. The maximum absolute atomic E-state index is 13.1. The van der Waals surface area contributed by atoms with Crippen LogP contribution in [0.25, 0.3) is 0 Å². The lowest BCUT2D eigenvalue weighted by Crippen LogP contribution is -2.55. The van der Waals surface area contributed by atoms with Gasteiger partial charge in [-0.1, -0.05) is 31.4 Å². The second-order valence-corrected chi connectivity index (χ2v) is 8.03. The van der Waals surface area contributed by atoms with Gasteiger partial charge in [-0.3, -0.25) is 24.3 Å². The fourth-order valence-electron chi connectivity index (χ4n) is 4.75. The monoisotopic (exact) mass is 373 g/mol. The number of amides is 2.